The number of unbranched alkanes of at least 4 members (excludes halogenated alkanes) is 2. The molecule has 2 aromatic rings. The van der Waals surface area contributed by atoms with E-state index in [0.29, 0.717) is 34.7 Å². The van der Waals surface area contributed by atoms with E-state index in [9.17, 15) is 29.2 Å². The molecular weight excluding hydrogens is 885 g/mol. The van der Waals surface area contributed by atoms with Crippen molar-refractivity contribution in [2.75, 3.05) is 72.3 Å². The number of esters is 5. The first kappa shape index (κ1) is 49.0. The summed E-state index contributed by atoms with van der Waals surface area (Å²) in [5.41, 5.74) is 2.53. The highest BCUT2D eigenvalue weighted by molar-refractivity contribution is 8.04. The van der Waals surface area contributed by atoms with Crippen LogP contribution in [0.25, 0.3) is 4.85 Å². The summed E-state index contributed by atoms with van der Waals surface area (Å²) in [4.78, 5) is 75.1. The quantitative estimate of drug-likeness (QED) is 0.0237. The maximum absolute atomic E-state index is 13.4. The first-order valence-electron chi connectivity index (χ1n) is 20.6. The summed E-state index contributed by atoms with van der Waals surface area (Å²) in [7, 11) is 0. The lowest BCUT2D eigenvalue weighted by atomic mass is 10.0. The van der Waals surface area contributed by atoms with Crippen LogP contribution in [0, 0.1) is 23.8 Å². The second-order valence-corrected chi connectivity index (χ2v) is 18.5. The molecule has 0 bridgehead atoms. The number of fused-ring (bicyclic) bond motifs is 2. The van der Waals surface area contributed by atoms with Crippen LogP contribution in [0.1, 0.15) is 52.4 Å². The largest absolute Gasteiger partial charge is 0.467 e. The fourth-order valence-corrected chi connectivity index (χ4v) is 11.0. The molecule has 0 aliphatic carbocycles. The highest BCUT2D eigenvalue weighted by Gasteiger charge is 2.33. The van der Waals surface area contributed by atoms with Gasteiger partial charge in [-0.1, -0.05) is 86.6 Å². The molecule has 2 aromatic carbocycles. The number of anilines is 2. The maximum atomic E-state index is 13.4. The van der Waals surface area contributed by atoms with Crippen LogP contribution in [-0.4, -0.2) is 98.5 Å². The van der Waals surface area contributed by atoms with Gasteiger partial charge in [0.1, 0.15) is 43.6 Å². The summed E-state index contributed by atoms with van der Waals surface area (Å²) in [6.45, 7) is 15.6. The molecule has 5 rings (SSSR count). The molecule has 0 aromatic heterocycles. The van der Waals surface area contributed by atoms with Crippen LogP contribution in [0.15, 0.2) is 91.8 Å². The Hall–Kier alpha value is -5.01. The summed E-state index contributed by atoms with van der Waals surface area (Å²) in [5, 5.41) is 10.9. The smallest absolute Gasteiger partial charge is 0.351 e. The summed E-state index contributed by atoms with van der Waals surface area (Å²) in [6.07, 6.45) is 2.03. The molecule has 0 saturated carbocycles. The van der Waals surface area contributed by atoms with E-state index < -0.39 is 67.9 Å². The first-order valence-corrected chi connectivity index (χ1v) is 24.6. The standard InChI is InChI=1S/C45H50N4O10S4/c1-5-7-17-48-34-13-9-11-15-36(34)62-41(48)33(25-46)44(53)57-22-21-56-43(52)31(24-39(51)59-32-28-60-26-30(3)27-61-29-32)23-38(50)55-19-20-58-45(54)40(47-4)42-49(18-8-6-2)35-14-10-12-16-37(35)63-42/h9-16,31-32H,3,5-8,17-24,26-29H2,1-2H3. The minimum Gasteiger partial charge on any atom is -0.467 e. The van der Waals surface area contributed by atoms with E-state index in [1.807, 2.05) is 71.3 Å². The van der Waals surface area contributed by atoms with Gasteiger partial charge in [-0.3, -0.25) is 19.2 Å². The number of hydrogen-bond acceptors (Lipinski definition) is 17. The SMILES string of the molecule is [C-]#[N+]C(C(=O)OCCOC(=O)CC(CC(=O)OC1CSCC(=C)CSC1)C(=O)OCCOC(=O)C(C#N)=C1Sc2ccccc2N1CCCC)=C1Sc2ccccc2N1CCCC. The van der Waals surface area contributed by atoms with Gasteiger partial charge >= 0.3 is 29.8 Å². The average molecular weight is 935 g/mol. The normalized spacial score (nSPS) is 16.9. The topological polar surface area (TPSA) is 166 Å². The lowest BCUT2D eigenvalue weighted by Gasteiger charge is -2.22. The van der Waals surface area contributed by atoms with Gasteiger partial charge in [0.25, 0.3) is 5.70 Å². The van der Waals surface area contributed by atoms with Crippen LogP contribution in [-0.2, 0) is 47.7 Å². The number of carbonyl (C=O) groups excluding carboxylic acids is 5. The van der Waals surface area contributed by atoms with E-state index >= 15 is 0 Å². The zero-order valence-electron chi connectivity index (χ0n) is 35.3. The van der Waals surface area contributed by atoms with Gasteiger partial charge in [-0.15, -0.1) is 0 Å². The Morgan fingerprint density at radius 2 is 1.30 bits per heavy atom. The molecule has 0 N–H and O–H groups in total. The molecule has 14 nitrogen and oxygen atoms in total. The highest BCUT2D eigenvalue weighted by Crippen LogP contribution is 2.48. The Labute approximate surface area is 385 Å². The highest BCUT2D eigenvalue weighted by atomic mass is 32.2. The number of para-hydroxylation sites is 2. The van der Waals surface area contributed by atoms with E-state index in [1.54, 1.807) is 23.5 Å². The number of carbonyl (C=O) groups is 5. The summed E-state index contributed by atoms with van der Waals surface area (Å²) < 4.78 is 27.1. The molecule has 3 aliphatic heterocycles. The maximum Gasteiger partial charge on any atom is 0.351 e. The third-order valence-corrected chi connectivity index (χ3v) is 14.3. The Kier molecular flexibility index (Phi) is 19.7. The van der Waals surface area contributed by atoms with E-state index in [4.69, 9.17) is 30.3 Å². The van der Waals surface area contributed by atoms with Crippen LogP contribution in [0.5, 0.6) is 0 Å². The fourth-order valence-electron chi connectivity index (χ4n) is 6.46. The fraction of sp³-hybridized carbons (Fsp3) is 0.444. The van der Waals surface area contributed by atoms with E-state index in [0.717, 1.165) is 63.9 Å². The number of benzene rings is 2. The number of thioether (sulfide) groups is 4. The summed E-state index contributed by atoms with van der Waals surface area (Å²) in [5.74, 6) is -3.02. The number of hydrogen-bond donors (Lipinski definition) is 0. The van der Waals surface area contributed by atoms with Gasteiger partial charge in [-0.2, -0.15) is 28.8 Å². The molecule has 1 fully saturated rings. The van der Waals surface area contributed by atoms with Gasteiger partial charge in [0.15, 0.2) is 5.57 Å². The molecule has 0 amide bonds. The van der Waals surface area contributed by atoms with Gasteiger partial charge in [0, 0.05) is 45.9 Å². The lowest BCUT2D eigenvalue weighted by Crippen LogP contribution is -2.30. The van der Waals surface area contributed by atoms with Crippen molar-refractivity contribution < 1.29 is 47.7 Å². The first-order chi connectivity index (χ1) is 30.6. The van der Waals surface area contributed by atoms with Gasteiger partial charge < -0.3 is 33.5 Å². The van der Waals surface area contributed by atoms with Crippen molar-refractivity contribution in [3.8, 4) is 6.07 Å². The Bertz CT molecular complexity index is 2150. The number of nitriles is 1. The molecule has 1 unspecified atom stereocenters. The molecule has 18 heteroatoms. The van der Waals surface area contributed by atoms with E-state index in [1.165, 1.54) is 23.5 Å². The van der Waals surface area contributed by atoms with Crippen LogP contribution >= 0.6 is 47.0 Å². The van der Waals surface area contributed by atoms with Crippen LogP contribution < -0.4 is 9.80 Å². The minimum atomic E-state index is -1.32. The van der Waals surface area contributed by atoms with Crippen molar-refractivity contribution in [3.05, 3.63) is 93.4 Å². The Morgan fingerprint density at radius 1 is 0.778 bits per heavy atom. The van der Waals surface area contributed by atoms with Crippen molar-refractivity contribution in [2.24, 2.45) is 5.92 Å². The minimum absolute atomic E-state index is 0.179. The summed E-state index contributed by atoms with van der Waals surface area (Å²) >= 11 is 5.81. The monoisotopic (exact) mass is 934 g/mol. The predicted octanol–water partition coefficient (Wildman–Crippen LogP) is 8.15. The zero-order chi connectivity index (χ0) is 45.1. The van der Waals surface area contributed by atoms with Crippen LogP contribution in [0.2, 0.25) is 0 Å². The van der Waals surface area contributed by atoms with Crippen molar-refractivity contribution in [2.45, 2.75) is 68.3 Å². The van der Waals surface area contributed by atoms with Gasteiger partial charge in [-0.05, 0) is 37.1 Å². The molecule has 1 saturated heterocycles. The Balaban J connectivity index is 1.17. The van der Waals surface area contributed by atoms with E-state index in [-0.39, 0.29) is 24.5 Å². The zero-order valence-corrected chi connectivity index (χ0v) is 38.6. The molecule has 334 valence electrons. The van der Waals surface area contributed by atoms with Crippen molar-refractivity contribution in [1.29, 1.82) is 5.26 Å². The molecular formula is C45H50N4O10S4. The third-order valence-electron chi connectivity index (χ3n) is 9.54. The molecule has 3 aliphatic rings. The molecule has 3 heterocycles. The van der Waals surface area contributed by atoms with Gasteiger partial charge in [-0.25, -0.2) is 9.64 Å². The molecule has 1 atom stereocenters. The van der Waals surface area contributed by atoms with Crippen molar-refractivity contribution in [1.82, 2.24) is 0 Å². The predicted molar refractivity (Wildman–Crippen MR) is 246 cm³/mol. The lowest BCUT2D eigenvalue weighted by molar-refractivity contribution is -0.162. The van der Waals surface area contributed by atoms with Crippen LogP contribution in [0.4, 0.5) is 11.4 Å². The molecule has 0 spiro atoms. The van der Waals surface area contributed by atoms with Crippen molar-refractivity contribution in [3.63, 3.8) is 0 Å². The second-order valence-electron chi connectivity index (χ2n) is 14.4. The molecule has 0 radical (unpaired) electrons. The van der Waals surface area contributed by atoms with Crippen molar-refractivity contribution >= 4 is 88.3 Å². The van der Waals surface area contributed by atoms with Gasteiger partial charge in [0.2, 0.25) is 0 Å². The number of ether oxygens (including phenoxy) is 5. The van der Waals surface area contributed by atoms with Crippen LogP contribution in [0.3, 0.4) is 0 Å². The average Bonchev–Trinajstić information content (AvgIpc) is 3.82. The van der Waals surface area contributed by atoms with E-state index in [2.05, 4.69) is 18.3 Å². The Morgan fingerprint density at radius 3 is 1.89 bits per heavy atom. The molecule has 63 heavy (non-hydrogen) atoms. The third kappa shape index (κ3) is 14.0. The van der Waals surface area contributed by atoms with Gasteiger partial charge in [0.05, 0.1) is 41.7 Å². The summed E-state index contributed by atoms with van der Waals surface area (Å²) in [6, 6.07) is 17.2. The number of nitrogens with zero attached hydrogens (tertiary/aromatic N) is 4. The second kappa shape index (κ2) is 25.3. The number of rotatable bonds is 20.